The first-order valence-corrected chi connectivity index (χ1v) is 7.24. The van der Waals surface area contributed by atoms with Crippen molar-refractivity contribution in [2.24, 2.45) is 7.05 Å². The molecule has 0 amide bonds. The zero-order chi connectivity index (χ0) is 15.0. The third-order valence-electron chi connectivity index (χ3n) is 3.18. The number of rotatable bonds is 2. The quantitative estimate of drug-likeness (QED) is 0.775. The summed E-state index contributed by atoms with van der Waals surface area (Å²) in [7, 11) is 1.87. The highest BCUT2D eigenvalue weighted by Gasteiger charge is 2.15. The fourth-order valence-corrected chi connectivity index (χ4v) is 2.60. The molecular weight excluding hydrogens is 330 g/mol. The topological polar surface area (TPSA) is 69.6 Å². The standard InChI is InChI=1S/C15H14BrN5/c1-9-11(8-21(2)20-9)15-18-13(12(16)14(17)19-15)10-6-4-3-5-7-10/h3-8H,1-2H3,(H2,17,18,19). The van der Waals surface area contributed by atoms with E-state index in [9.17, 15) is 0 Å². The molecule has 0 atom stereocenters. The van der Waals surface area contributed by atoms with Crippen molar-refractivity contribution in [2.75, 3.05) is 5.73 Å². The van der Waals surface area contributed by atoms with Crippen LogP contribution in [0.25, 0.3) is 22.6 Å². The van der Waals surface area contributed by atoms with Crippen LogP contribution in [0.2, 0.25) is 0 Å². The minimum absolute atomic E-state index is 0.419. The molecule has 5 nitrogen and oxygen atoms in total. The van der Waals surface area contributed by atoms with Crippen LogP contribution in [-0.2, 0) is 7.05 Å². The molecular formula is C15H14BrN5. The predicted molar refractivity (Wildman–Crippen MR) is 86.5 cm³/mol. The Hall–Kier alpha value is -2.21. The van der Waals surface area contributed by atoms with Gasteiger partial charge in [0, 0.05) is 18.8 Å². The Bertz CT molecular complexity index is 795. The van der Waals surface area contributed by atoms with Gasteiger partial charge in [0.25, 0.3) is 0 Å². The molecule has 0 aliphatic heterocycles. The molecule has 2 aromatic heterocycles. The molecule has 3 aromatic rings. The van der Waals surface area contributed by atoms with E-state index in [1.807, 2.05) is 50.5 Å². The maximum atomic E-state index is 6.03. The van der Waals surface area contributed by atoms with E-state index in [1.165, 1.54) is 0 Å². The van der Waals surface area contributed by atoms with Gasteiger partial charge in [-0.1, -0.05) is 30.3 Å². The van der Waals surface area contributed by atoms with Gasteiger partial charge < -0.3 is 5.73 Å². The summed E-state index contributed by atoms with van der Waals surface area (Å²) < 4.78 is 2.45. The average molecular weight is 344 g/mol. The second kappa shape index (κ2) is 5.29. The lowest BCUT2D eigenvalue weighted by Gasteiger charge is -2.08. The number of hydrogen-bond acceptors (Lipinski definition) is 4. The number of nitrogens with two attached hydrogens (primary N) is 1. The van der Waals surface area contributed by atoms with Gasteiger partial charge in [0.05, 0.1) is 21.4 Å². The summed E-state index contributed by atoms with van der Waals surface area (Å²) >= 11 is 3.48. The Balaban J connectivity index is 2.21. The molecule has 21 heavy (non-hydrogen) atoms. The molecule has 3 rings (SSSR count). The van der Waals surface area contributed by atoms with Gasteiger partial charge in [0.15, 0.2) is 5.82 Å². The summed E-state index contributed by atoms with van der Waals surface area (Å²) in [6, 6.07) is 9.89. The summed E-state index contributed by atoms with van der Waals surface area (Å²) in [6.45, 7) is 1.93. The normalized spacial score (nSPS) is 10.8. The first kappa shape index (κ1) is 13.8. The number of nitrogens with zero attached hydrogens (tertiary/aromatic N) is 4. The van der Waals surface area contributed by atoms with Gasteiger partial charge in [-0.25, -0.2) is 9.97 Å². The van der Waals surface area contributed by atoms with Crippen molar-refractivity contribution in [2.45, 2.75) is 6.92 Å². The number of halogens is 1. The number of anilines is 1. The third kappa shape index (κ3) is 2.54. The van der Waals surface area contributed by atoms with Gasteiger partial charge in [0.2, 0.25) is 0 Å². The van der Waals surface area contributed by atoms with Crippen molar-refractivity contribution < 1.29 is 0 Å². The molecule has 0 aliphatic carbocycles. The van der Waals surface area contributed by atoms with Crippen LogP contribution >= 0.6 is 15.9 Å². The Morgan fingerprint density at radius 1 is 1.14 bits per heavy atom. The molecule has 2 N–H and O–H groups in total. The zero-order valence-corrected chi connectivity index (χ0v) is 13.3. The largest absolute Gasteiger partial charge is 0.383 e. The van der Waals surface area contributed by atoms with Crippen molar-refractivity contribution in [3.8, 4) is 22.6 Å². The predicted octanol–water partition coefficient (Wildman–Crippen LogP) is 3.20. The second-order valence-corrected chi connectivity index (χ2v) is 5.56. The summed E-state index contributed by atoms with van der Waals surface area (Å²) in [5.41, 5.74) is 9.55. The fraction of sp³-hybridized carbons (Fsp3) is 0.133. The molecule has 0 unspecified atom stereocenters. The van der Waals surface area contributed by atoms with Crippen molar-refractivity contribution >= 4 is 21.7 Å². The molecule has 0 radical (unpaired) electrons. The van der Waals surface area contributed by atoms with Crippen LogP contribution in [0.5, 0.6) is 0 Å². The summed E-state index contributed by atoms with van der Waals surface area (Å²) in [6.07, 6.45) is 1.90. The lowest BCUT2D eigenvalue weighted by molar-refractivity contribution is 0.756. The smallest absolute Gasteiger partial charge is 0.165 e. The number of nitrogen functional groups attached to an aromatic ring is 1. The van der Waals surface area contributed by atoms with Crippen LogP contribution in [-0.4, -0.2) is 19.7 Å². The Labute approximate surface area is 131 Å². The molecule has 0 fully saturated rings. The Kier molecular flexibility index (Phi) is 3.47. The van der Waals surface area contributed by atoms with E-state index in [1.54, 1.807) is 4.68 Å². The average Bonchev–Trinajstić information content (AvgIpc) is 2.81. The van der Waals surface area contributed by atoms with Gasteiger partial charge in [0.1, 0.15) is 5.82 Å². The maximum Gasteiger partial charge on any atom is 0.165 e. The van der Waals surface area contributed by atoms with Gasteiger partial charge >= 0.3 is 0 Å². The van der Waals surface area contributed by atoms with E-state index in [4.69, 9.17) is 5.73 Å². The molecule has 0 saturated heterocycles. The van der Waals surface area contributed by atoms with E-state index in [2.05, 4.69) is 31.0 Å². The van der Waals surface area contributed by atoms with Crippen molar-refractivity contribution in [3.05, 3.63) is 46.7 Å². The highest BCUT2D eigenvalue weighted by Crippen LogP contribution is 2.32. The molecule has 0 aliphatic rings. The van der Waals surface area contributed by atoms with Crippen LogP contribution in [0.1, 0.15) is 5.69 Å². The molecule has 0 saturated carbocycles. The van der Waals surface area contributed by atoms with E-state index in [0.717, 1.165) is 22.5 Å². The highest BCUT2D eigenvalue weighted by molar-refractivity contribution is 9.10. The van der Waals surface area contributed by atoms with E-state index in [0.29, 0.717) is 16.1 Å². The number of hydrogen-bond donors (Lipinski definition) is 1. The van der Waals surface area contributed by atoms with Gasteiger partial charge in [-0.3, -0.25) is 4.68 Å². The van der Waals surface area contributed by atoms with Gasteiger partial charge in [-0.15, -0.1) is 0 Å². The van der Waals surface area contributed by atoms with Crippen LogP contribution in [0.15, 0.2) is 41.0 Å². The lowest BCUT2D eigenvalue weighted by Crippen LogP contribution is -2.00. The summed E-state index contributed by atoms with van der Waals surface area (Å²) in [5.74, 6) is 1.00. The van der Waals surface area contributed by atoms with Crippen LogP contribution in [0, 0.1) is 6.92 Å². The third-order valence-corrected chi connectivity index (χ3v) is 3.96. The Morgan fingerprint density at radius 3 is 2.48 bits per heavy atom. The molecule has 0 spiro atoms. The van der Waals surface area contributed by atoms with Crippen molar-refractivity contribution in [1.82, 2.24) is 19.7 Å². The second-order valence-electron chi connectivity index (χ2n) is 4.76. The number of aryl methyl sites for hydroxylation is 2. The highest BCUT2D eigenvalue weighted by atomic mass is 79.9. The minimum Gasteiger partial charge on any atom is -0.383 e. The summed E-state index contributed by atoms with van der Waals surface area (Å²) in [4.78, 5) is 9.03. The molecule has 6 heteroatoms. The lowest BCUT2D eigenvalue weighted by atomic mass is 10.1. The van der Waals surface area contributed by atoms with Crippen LogP contribution in [0.3, 0.4) is 0 Å². The fourth-order valence-electron chi connectivity index (χ4n) is 2.19. The SMILES string of the molecule is Cc1nn(C)cc1-c1nc(N)c(Br)c(-c2ccccc2)n1. The van der Waals surface area contributed by atoms with E-state index in [-0.39, 0.29) is 0 Å². The Morgan fingerprint density at radius 2 is 1.86 bits per heavy atom. The number of aromatic nitrogens is 4. The minimum atomic E-state index is 0.419. The van der Waals surface area contributed by atoms with E-state index >= 15 is 0 Å². The summed E-state index contributed by atoms with van der Waals surface area (Å²) in [5, 5.41) is 4.33. The number of benzene rings is 1. The molecule has 0 bridgehead atoms. The van der Waals surface area contributed by atoms with Crippen molar-refractivity contribution in [3.63, 3.8) is 0 Å². The monoisotopic (exact) mass is 343 g/mol. The van der Waals surface area contributed by atoms with Crippen LogP contribution in [0.4, 0.5) is 5.82 Å². The van der Waals surface area contributed by atoms with E-state index < -0.39 is 0 Å². The van der Waals surface area contributed by atoms with Gasteiger partial charge in [-0.2, -0.15) is 5.10 Å². The van der Waals surface area contributed by atoms with Crippen molar-refractivity contribution in [1.29, 1.82) is 0 Å². The first-order valence-electron chi connectivity index (χ1n) is 6.45. The molecule has 1 aromatic carbocycles. The zero-order valence-electron chi connectivity index (χ0n) is 11.7. The van der Waals surface area contributed by atoms with Gasteiger partial charge in [-0.05, 0) is 22.9 Å². The molecule has 2 heterocycles. The maximum absolute atomic E-state index is 6.03. The van der Waals surface area contributed by atoms with Crippen LogP contribution < -0.4 is 5.73 Å². The molecule has 106 valence electrons. The first-order chi connectivity index (χ1) is 10.1.